The summed E-state index contributed by atoms with van der Waals surface area (Å²) >= 11 is 0. The molecule has 0 saturated heterocycles. The number of quaternary nitrogens is 2. The topological polar surface area (TPSA) is 26.3 Å². The Hall–Kier alpha value is -1.49. The van der Waals surface area contributed by atoms with Crippen molar-refractivity contribution in [1.82, 2.24) is 8.97 Å². The fourth-order valence-electron chi connectivity index (χ4n) is 3.78. The summed E-state index contributed by atoms with van der Waals surface area (Å²) in [5.74, 6) is -0.260. The molecule has 1 atom stereocenters. The number of nitrogens with zero attached hydrogens (tertiary/aromatic N) is 2. The van der Waals surface area contributed by atoms with E-state index in [4.69, 9.17) is 4.74 Å². The zero-order chi connectivity index (χ0) is 24.1. The lowest BCUT2D eigenvalue weighted by Crippen LogP contribution is -3.00. The highest BCUT2D eigenvalue weighted by Gasteiger charge is 2.19. The highest BCUT2D eigenvalue weighted by molar-refractivity contribution is 5.89. The highest BCUT2D eigenvalue weighted by Crippen LogP contribution is 2.22. The fraction of sp³-hybridized carbons (Fsp3) is 0.345. The number of hydrogen-bond acceptors (Lipinski definition) is 2. The molecule has 0 aromatic heterocycles. The van der Waals surface area contributed by atoms with Gasteiger partial charge in [0.2, 0.25) is 0 Å². The Morgan fingerprint density at radius 2 is 1.14 bits per heavy atom. The SMILES string of the molecule is C[N+](C)(C)c1ccc(CCC(Cc2ccc([N+](C)(C)C)cc2)OC(=O)c2ccccc2)cc1.[I-].[I-]. The van der Waals surface area contributed by atoms with E-state index in [-0.39, 0.29) is 60.0 Å². The van der Waals surface area contributed by atoms with Crippen molar-refractivity contribution in [3.63, 3.8) is 0 Å². The van der Waals surface area contributed by atoms with Crippen molar-refractivity contribution in [1.29, 1.82) is 0 Å². The van der Waals surface area contributed by atoms with Crippen LogP contribution in [-0.2, 0) is 17.6 Å². The van der Waals surface area contributed by atoms with Crippen molar-refractivity contribution < 1.29 is 57.5 Å². The maximum Gasteiger partial charge on any atom is 0.338 e. The molecule has 4 nitrogen and oxygen atoms in total. The van der Waals surface area contributed by atoms with Gasteiger partial charge in [0.05, 0.1) is 47.8 Å². The summed E-state index contributed by atoms with van der Waals surface area (Å²) in [6, 6.07) is 26.6. The lowest BCUT2D eigenvalue weighted by Gasteiger charge is -2.24. The van der Waals surface area contributed by atoms with Crippen LogP contribution in [0.2, 0.25) is 0 Å². The Morgan fingerprint density at radius 3 is 1.60 bits per heavy atom. The standard InChI is InChI=1S/C29H38N2O2.2HI/c1-30(2,3)26-17-12-23(13-18-26)16-21-28(33-29(32)25-10-8-7-9-11-25)22-24-14-19-27(20-15-24)31(4,5)6;;/h7-15,17-20,28H,16,21-22H2,1-6H3;2*1H/q+2;;/p-2. The van der Waals surface area contributed by atoms with Gasteiger partial charge in [-0.1, -0.05) is 42.5 Å². The van der Waals surface area contributed by atoms with Gasteiger partial charge < -0.3 is 52.7 Å². The Bertz CT molecular complexity index is 1040. The second-order valence-electron chi connectivity index (χ2n) is 10.5. The Kier molecular flexibility index (Phi) is 12.4. The van der Waals surface area contributed by atoms with Crippen LogP contribution >= 0.6 is 0 Å². The number of ether oxygens (including phenoxy) is 1. The van der Waals surface area contributed by atoms with Crippen LogP contribution in [0.5, 0.6) is 0 Å². The molecule has 0 aliphatic heterocycles. The summed E-state index contributed by atoms with van der Waals surface area (Å²) in [6.45, 7) is 0. The van der Waals surface area contributed by atoms with Gasteiger partial charge >= 0.3 is 5.97 Å². The molecule has 0 radical (unpaired) electrons. The molecule has 3 aromatic rings. The summed E-state index contributed by atoms with van der Waals surface area (Å²) < 4.78 is 7.56. The first-order valence-corrected chi connectivity index (χ1v) is 11.6. The molecule has 0 amide bonds. The summed E-state index contributed by atoms with van der Waals surface area (Å²) in [5, 5.41) is 0. The van der Waals surface area contributed by atoms with Gasteiger partial charge in [0.25, 0.3) is 0 Å². The Labute approximate surface area is 245 Å². The van der Waals surface area contributed by atoms with E-state index in [9.17, 15) is 4.79 Å². The number of esters is 1. The van der Waals surface area contributed by atoms with Crippen molar-refractivity contribution in [3.8, 4) is 0 Å². The second-order valence-corrected chi connectivity index (χ2v) is 10.5. The number of carbonyl (C=O) groups excluding carboxylic acids is 1. The van der Waals surface area contributed by atoms with E-state index < -0.39 is 0 Å². The lowest BCUT2D eigenvalue weighted by molar-refractivity contribution is -0.00100. The first-order valence-electron chi connectivity index (χ1n) is 11.6. The molecule has 6 heteroatoms. The third kappa shape index (κ3) is 9.82. The van der Waals surface area contributed by atoms with E-state index in [1.54, 1.807) is 12.1 Å². The van der Waals surface area contributed by atoms with Gasteiger partial charge in [-0.15, -0.1) is 0 Å². The van der Waals surface area contributed by atoms with Crippen LogP contribution in [0.4, 0.5) is 11.4 Å². The highest BCUT2D eigenvalue weighted by atomic mass is 127. The Balaban J connectivity index is 0.00000306. The molecule has 35 heavy (non-hydrogen) atoms. The molecule has 190 valence electrons. The predicted molar refractivity (Wildman–Crippen MR) is 140 cm³/mol. The molecule has 3 aromatic carbocycles. The van der Waals surface area contributed by atoms with E-state index in [0.29, 0.717) is 12.0 Å². The zero-order valence-corrected chi connectivity index (χ0v) is 26.0. The molecular weight excluding hydrogens is 662 g/mol. The van der Waals surface area contributed by atoms with E-state index >= 15 is 0 Å². The number of rotatable bonds is 9. The summed E-state index contributed by atoms with van der Waals surface area (Å²) in [4.78, 5) is 12.8. The van der Waals surface area contributed by atoms with Gasteiger partial charge in [0, 0.05) is 6.42 Å². The first-order chi connectivity index (χ1) is 15.5. The molecule has 0 aliphatic rings. The van der Waals surface area contributed by atoms with E-state index in [0.717, 1.165) is 21.8 Å². The minimum absolute atomic E-state index is 0. The van der Waals surface area contributed by atoms with Crippen LogP contribution in [-0.4, -0.2) is 54.4 Å². The molecule has 0 heterocycles. The summed E-state index contributed by atoms with van der Waals surface area (Å²) in [5.41, 5.74) is 5.54. The quantitative estimate of drug-likeness (QED) is 0.171. The number of hydrogen-bond donors (Lipinski definition) is 0. The monoisotopic (exact) mass is 700 g/mol. The van der Waals surface area contributed by atoms with Crippen LogP contribution in [0, 0.1) is 0 Å². The summed E-state index contributed by atoms with van der Waals surface area (Å²) in [7, 11) is 13.0. The molecular formula is C29H38I2N2O2. The third-order valence-electron chi connectivity index (χ3n) is 5.92. The molecule has 0 fully saturated rings. The molecule has 0 saturated carbocycles. The maximum atomic E-state index is 12.8. The third-order valence-corrected chi connectivity index (χ3v) is 5.92. The summed E-state index contributed by atoms with van der Waals surface area (Å²) in [6.07, 6.45) is 2.15. The van der Waals surface area contributed by atoms with Gasteiger partial charge in [-0.25, -0.2) is 4.79 Å². The van der Waals surface area contributed by atoms with Crippen LogP contribution in [0.3, 0.4) is 0 Å². The van der Waals surface area contributed by atoms with Crippen molar-refractivity contribution in [2.75, 3.05) is 42.3 Å². The largest absolute Gasteiger partial charge is 1.00 e. The number of benzene rings is 3. The van der Waals surface area contributed by atoms with E-state index in [1.807, 2.05) is 18.2 Å². The number of carbonyl (C=O) groups is 1. The lowest BCUT2D eigenvalue weighted by atomic mass is 10.00. The van der Waals surface area contributed by atoms with Crippen molar-refractivity contribution in [3.05, 3.63) is 95.6 Å². The van der Waals surface area contributed by atoms with Gasteiger partial charge in [-0.05, 0) is 60.4 Å². The van der Waals surface area contributed by atoms with Crippen LogP contribution in [0.15, 0.2) is 78.9 Å². The van der Waals surface area contributed by atoms with Crippen LogP contribution < -0.4 is 56.9 Å². The molecule has 1 unspecified atom stereocenters. The van der Waals surface area contributed by atoms with Crippen molar-refractivity contribution in [2.45, 2.75) is 25.4 Å². The minimum atomic E-state index is -0.260. The first kappa shape index (κ1) is 31.5. The Morgan fingerprint density at radius 1 is 0.686 bits per heavy atom. The van der Waals surface area contributed by atoms with Gasteiger partial charge in [-0.3, -0.25) is 8.97 Å². The predicted octanol–water partition coefficient (Wildman–Crippen LogP) is -0.511. The minimum Gasteiger partial charge on any atom is -1.00 e. The normalized spacial score (nSPS) is 12.2. The molecule has 3 rings (SSSR count). The van der Waals surface area contributed by atoms with Crippen molar-refractivity contribution >= 4 is 17.3 Å². The number of halogens is 2. The average molecular weight is 700 g/mol. The zero-order valence-electron chi connectivity index (χ0n) is 21.7. The number of aryl methyl sites for hydroxylation is 1. The van der Waals surface area contributed by atoms with E-state index in [1.165, 1.54) is 22.5 Å². The van der Waals surface area contributed by atoms with Gasteiger partial charge in [-0.2, -0.15) is 0 Å². The molecule has 0 N–H and O–H groups in total. The van der Waals surface area contributed by atoms with Crippen molar-refractivity contribution in [2.24, 2.45) is 0 Å². The van der Waals surface area contributed by atoms with Gasteiger partial charge in [0.15, 0.2) is 0 Å². The molecule has 0 aliphatic carbocycles. The smallest absolute Gasteiger partial charge is 0.338 e. The second kappa shape index (κ2) is 13.7. The van der Waals surface area contributed by atoms with Gasteiger partial charge in [0.1, 0.15) is 17.5 Å². The van der Waals surface area contributed by atoms with E-state index in [2.05, 4.69) is 90.8 Å². The fourth-order valence-corrected chi connectivity index (χ4v) is 3.78. The maximum absolute atomic E-state index is 12.8. The molecule has 0 spiro atoms. The van der Waals surface area contributed by atoms with Crippen LogP contribution in [0.25, 0.3) is 0 Å². The van der Waals surface area contributed by atoms with Crippen LogP contribution in [0.1, 0.15) is 27.9 Å². The average Bonchev–Trinajstić information content (AvgIpc) is 2.77. The molecule has 0 bridgehead atoms.